The van der Waals surface area contributed by atoms with Crippen LogP contribution in [0.25, 0.3) is 0 Å². The molecule has 0 spiro atoms. The summed E-state index contributed by atoms with van der Waals surface area (Å²) in [4.78, 5) is 29.0. The van der Waals surface area contributed by atoms with Crippen LogP contribution in [0.4, 0.5) is 5.69 Å². The number of nitrogens with one attached hydrogen (secondary N) is 1. The van der Waals surface area contributed by atoms with E-state index in [0.29, 0.717) is 12.1 Å². The van der Waals surface area contributed by atoms with Crippen molar-refractivity contribution in [3.8, 4) is 0 Å². The summed E-state index contributed by atoms with van der Waals surface area (Å²) in [6, 6.07) is 15.1. The van der Waals surface area contributed by atoms with Crippen LogP contribution in [-0.2, 0) is 31.6 Å². The standard InChI is InChI=1S/C35H49N3O4S/c1-6-25(4)36-34(40)32(7-2)37(22-26-10-8-9-24(3)15-26)33(39)23-38(43(5,41)42)31-13-11-30(12-14-31)35-19-27-16-28(20-35)18-29(17-27)21-35/h8-15,25,27-29,32H,6-7,16-23H2,1-5H3,(H,36,40)/t25-,27?,28?,29?,32-,35?/m1/s1. The highest BCUT2D eigenvalue weighted by Crippen LogP contribution is 2.60. The average molecular weight is 608 g/mol. The van der Waals surface area contributed by atoms with Crippen molar-refractivity contribution in [3.05, 3.63) is 65.2 Å². The van der Waals surface area contributed by atoms with Gasteiger partial charge in [0.1, 0.15) is 12.6 Å². The van der Waals surface area contributed by atoms with Gasteiger partial charge in [0.2, 0.25) is 21.8 Å². The molecule has 4 saturated carbocycles. The molecule has 43 heavy (non-hydrogen) atoms. The zero-order chi connectivity index (χ0) is 30.9. The fourth-order valence-electron chi connectivity index (χ4n) is 8.43. The van der Waals surface area contributed by atoms with Gasteiger partial charge in [-0.15, -0.1) is 0 Å². The first-order valence-electron chi connectivity index (χ1n) is 16.1. The van der Waals surface area contributed by atoms with Gasteiger partial charge < -0.3 is 10.2 Å². The van der Waals surface area contributed by atoms with E-state index in [-0.39, 0.29) is 30.5 Å². The van der Waals surface area contributed by atoms with Gasteiger partial charge in [-0.1, -0.05) is 55.8 Å². The molecule has 4 fully saturated rings. The van der Waals surface area contributed by atoms with Gasteiger partial charge in [-0.25, -0.2) is 8.42 Å². The Balaban J connectivity index is 1.40. The summed E-state index contributed by atoms with van der Waals surface area (Å²) in [6.07, 6.45) is 10.1. The Kier molecular flexibility index (Phi) is 9.26. The Morgan fingerprint density at radius 1 is 0.953 bits per heavy atom. The second kappa shape index (κ2) is 12.6. The summed E-state index contributed by atoms with van der Waals surface area (Å²) in [7, 11) is -3.77. The first-order chi connectivity index (χ1) is 20.4. The molecule has 0 aliphatic heterocycles. The Bertz CT molecular complexity index is 1390. The number of hydrogen-bond acceptors (Lipinski definition) is 4. The van der Waals surface area contributed by atoms with Crippen molar-refractivity contribution >= 4 is 27.5 Å². The van der Waals surface area contributed by atoms with Gasteiger partial charge in [0.25, 0.3) is 0 Å². The lowest BCUT2D eigenvalue weighted by Crippen LogP contribution is -2.53. The molecule has 0 heterocycles. The van der Waals surface area contributed by atoms with Gasteiger partial charge in [0.15, 0.2) is 0 Å². The van der Waals surface area contributed by atoms with E-state index < -0.39 is 22.0 Å². The van der Waals surface area contributed by atoms with Crippen LogP contribution >= 0.6 is 0 Å². The van der Waals surface area contributed by atoms with Crippen LogP contribution < -0.4 is 9.62 Å². The molecule has 0 unspecified atom stereocenters. The number of carbonyl (C=O) groups excluding carboxylic acids is 2. The Morgan fingerprint density at radius 3 is 2.07 bits per heavy atom. The molecule has 7 nitrogen and oxygen atoms in total. The molecule has 1 N–H and O–H groups in total. The number of rotatable bonds is 12. The van der Waals surface area contributed by atoms with E-state index in [0.717, 1.165) is 41.6 Å². The third-order valence-corrected chi connectivity index (χ3v) is 11.4. The number of amides is 2. The monoisotopic (exact) mass is 607 g/mol. The maximum atomic E-state index is 14.1. The minimum absolute atomic E-state index is 0.0301. The normalized spacial score (nSPS) is 25.7. The van der Waals surface area contributed by atoms with E-state index in [2.05, 4.69) is 17.4 Å². The molecule has 0 radical (unpaired) electrons. The summed E-state index contributed by atoms with van der Waals surface area (Å²) < 4.78 is 27.5. The Labute approximate surface area is 258 Å². The fourth-order valence-corrected chi connectivity index (χ4v) is 9.28. The number of carbonyl (C=O) groups is 2. The van der Waals surface area contributed by atoms with Gasteiger partial charge in [0, 0.05) is 12.6 Å². The molecule has 0 aromatic heterocycles. The summed E-state index contributed by atoms with van der Waals surface area (Å²) in [5, 5.41) is 3.02. The third-order valence-electron chi connectivity index (χ3n) is 10.3. The number of benzene rings is 2. The predicted octanol–water partition coefficient (Wildman–Crippen LogP) is 5.95. The molecular formula is C35H49N3O4S. The van der Waals surface area contributed by atoms with Crippen molar-refractivity contribution in [1.82, 2.24) is 10.2 Å². The molecular weight excluding hydrogens is 558 g/mol. The summed E-state index contributed by atoms with van der Waals surface area (Å²) in [5.74, 6) is 1.84. The number of sulfonamides is 1. The smallest absolute Gasteiger partial charge is 0.244 e. The Hall–Kier alpha value is -2.87. The van der Waals surface area contributed by atoms with Crippen LogP contribution in [0, 0.1) is 24.7 Å². The van der Waals surface area contributed by atoms with E-state index in [1.165, 1.54) is 48.4 Å². The molecule has 4 aliphatic carbocycles. The zero-order valence-electron chi connectivity index (χ0n) is 26.5. The molecule has 2 aromatic carbocycles. The van der Waals surface area contributed by atoms with Gasteiger partial charge >= 0.3 is 0 Å². The van der Waals surface area contributed by atoms with E-state index in [4.69, 9.17) is 0 Å². The minimum Gasteiger partial charge on any atom is -0.352 e. The van der Waals surface area contributed by atoms with Crippen molar-refractivity contribution in [2.24, 2.45) is 17.8 Å². The fraction of sp³-hybridized carbons (Fsp3) is 0.600. The first kappa shape index (κ1) is 31.6. The first-order valence-corrected chi connectivity index (χ1v) is 18.0. The van der Waals surface area contributed by atoms with E-state index in [9.17, 15) is 18.0 Å². The molecule has 6 rings (SSSR count). The van der Waals surface area contributed by atoms with Gasteiger partial charge in [-0.05, 0) is 112 Å². The van der Waals surface area contributed by atoms with Crippen LogP contribution in [0.5, 0.6) is 0 Å². The summed E-state index contributed by atoms with van der Waals surface area (Å²) >= 11 is 0. The second-order valence-corrected chi connectivity index (χ2v) is 15.7. The van der Waals surface area contributed by atoms with Crippen molar-refractivity contribution in [2.75, 3.05) is 17.1 Å². The van der Waals surface area contributed by atoms with Crippen LogP contribution in [0.15, 0.2) is 48.5 Å². The quantitative estimate of drug-likeness (QED) is 0.323. The molecule has 234 valence electrons. The van der Waals surface area contributed by atoms with Crippen molar-refractivity contribution in [2.45, 2.75) is 103 Å². The van der Waals surface area contributed by atoms with Gasteiger partial charge in [-0.3, -0.25) is 13.9 Å². The lowest BCUT2D eigenvalue weighted by atomic mass is 9.48. The minimum atomic E-state index is -3.77. The maximum Gasteiger partial charge on any atom is 0.244 e. The van der Waals surface area contributed by atoms with Crippen LogP contribution in [0.2, 0.25) is 0 Å². The average Bonchev–Trinajstić information content (AvgIpc) is 2.94. The van der Waals surface area contributed by atoms with Crippen molar-refractivity contribution < 1.29 is 18.0 Å². The van der Waals surface area contributed by atoms with Crippen molar-refractivity contribution in [1.29, 1.82) is 0 Å². The highest BCUT2D eigenvalue weighted by Gasteiger charge is 2.51. The van der Waals surface area contributed by atoms with Crippen LogP contribution in [-0.4, -0.2) is 50.0 Å². The molecule has 2 aromatic rings. The highest BCUT2D eigenvalue weighted by atomic mass is 32.2. The van der Waals surface area contributed by atoms with E-state index in [1.807, 2.05) is 64.1 Å². The summed E-state index contributed by atoms with van der Waals surface area (Å²) in [6.45, 7) is 7.66. The van der Waals surface area contributed by atoms with Gasteiger partial charge in [-0.2, -0.15) is 0 Å². The van der Waals surface area contributed by atoms with E-state index in [1.54, 1.807) is 4.90 Å². The number of anilines is 1. The molecule has 4 bridgehead atoms. The predicted molar refractivity (Wildman–Crippen MR) is 172 cm³/mol. The number of hydrogen-bond donors (Lipinski definition) is 1. The van der Waals surface area contributed by atoms with E-state index >= 15 is 0 Å². The second-order valence-electron chi connectivity index (χ2n) is 13.8. The lowest BCUT2D eigenvalue weighted by Gasteiger charge is -2.57. The van der Waals surface area contributed by atoms with Crippen LogP contribution in [0.1, 0.15) is 88.8 Å². The molecule has 4 aliphatic rings. The molecule has 0 saturated heterocycles. The number of aryl methyl sites for hydroxylation is 1. The Morgan fingerprint density at radius 2 is 1.56 bits per heavy atom. The lowest BCUT2D eigenvalue weighted by molar-refractivity contribution is -0.140. The van der Waals surface area contributed by atoms with Gasteiger partial charge in [0.05, 0.1) is 11.9 Å². The summed E-state index contributed by atoms with van der Waals surface area (Å²) in [5.41, 5.74) is 3.95. The number of nitrogens with zero attached hydrogens (tertiary/aromatic N) is 2. The van der Waals surface area contributed by atoms with Crippen LogP contribution in [0.3, 0.4) is 0 Å². The molecule has 2 amide bonds. The third kappa shape index (κ3) is 6.95. The molecule has 8 heteroatoms. The maximum absolute atomic E-state index is 14.1. The highest BCUT2D eigenvalue weighted by molar-refractivity contribution is 7.92. The largest absolute Gasteiger partial charge is 0.352 e. The SMILES string of the molecule is CC[C@@H](C)NC(=O)[C@@H](CC)N(Cc1cccc(C)c1)C(=O)CN(c1ccc(C23CC4CC(CC(C4)C2)C3)cc1)S(C)(=O)=O. The topological polar surface area (TPSA) is 86.8 Å². The molecule has 2 atom stereocenters. The van der Waals surface area contributed by atoms with Crippen molar-refractivity contribution in [3.63, 3.8) is 0 Å². The zero-order valence-corrected chi connectivity index (χ0v) is 27.3.